The number of nitrogens with zero attached hydrogens (tertiary/aromatic N) is 2. The summed E-state index contributed by atoms with van der Waals surface area (Å²) in [6, 6.07) is 23.1. The highest BCUT2D eigenvalue weighted by molar-refractivity contribution is 5.72. The Bertz CT molecular complexity index is 733. The van der Waals surface area contributed by atoms with Gasteiger partial charge in [0.1, 0.15) is 0 Å². The predicted molar refractivity (Wildman–Crippen MR) is 89.4 cm³/mol. The maximum atomic E-state index is 4.50. The van der Waals surface area contributed by atoms with E-state index in [2.05, 4.69) is 64.5 Å². The molecule has 3 rings (SSSR count). The van der Waals surface area contributed by atoms with Gasteiger partial charge in [-0.15, -0.1) is 0 Å². The second kappa shape index (κ2) is 5.80. The van der Waals surface area contributed by atoms with Crippen LogP contribution in [-0.4, -0.2) is 19.1 Å². The van der Waals surface area contributed by atoms with Crippen LogP contribution < -0.4 is 4.90 Å². The minimum atomic E-state index is 0.999. The van der Waals surface area contributed by atoms with Gasteiger partial charge in [0.05, 0.1) is 5.69 Å². The highest BCUT2D eigenvalue weighted by atomic mass is 15.1. The summed E-state index contributed by atoms with van der Waals surface area (Å²) in [7, 11) is 4.08. The molecule has 0 atom stereocenters. The van der Waals surface area contributed by atoms with E-state index < -0.39 is 0 Å². The Hall–Kier alpha value is -2.61. The molecule has 0 aliphatic rings. The Morgan fingerprint density at radius 3 is 2.19 bits per heavy atom. The smallest absolute Gasteiger partial charge is 0.0722 e. The van der Waals surface area contributed by atoms with Crippen LogP contribution >= 0.6 is 0 Å². The van der Waals surface area contributed by atoms with Crippen molar-refractivity contribution in [2.75, 3.05) is 19.0 Å². The molecular weight excluding hydrogens is 256 g/mol. The van der Waals surface area contributed by atoms with Crippen LogP contribution in [0.4, 0.5) is 5.69 Å². The normalized spacial score (nSPS) is 10.4. The zero-order chi connectivity index (χ0) is 14.7. The number of aromatic nitrogens is 1. The molecule has 0 bridgehead atoms. The Labute approximate surface area is 125 Å². The fraction of sp³-hybridized carbons (Fsp3) is 0.105. The lowest BCUT2D eigenvalue weighted by Crippen LogP contribution is -2.08. The van der Waals surface area contributed by atoms with Gasteiger partial charge in [-0.1, -0.05) is 48.5 Å². The zero-order valence-corrected chi connectivity index (χ0v) is 12.3. The molecule has 0 fully saturated rings. The Morgan fingerprint density at radius 2 is 1.43 bits per heavy atom. The van der Waals surface area contributed by atoms with Crippen molar-refractivity contribution < 1.29 is 0 Å². The minimum Gasteiger partial charge on any atom is -0.378 e. The van der Waals surface area contributed by atoms with Gasteiger partial charge in [0, 0.05) is 31.5 Å². The molecule has 0 amide bonds. The number of hydrogen-bond acceptors (Lipinski definition) is 2. The molecule has 0 spiro atoms. The molecule has 21 heavy (non-hydrogen) atoms. The van der Waals surface area contributed by atoms with Crippen LogP contribution in [0, 0.1) is 0 Å². The first-order chi connectivity index (χ1) is 10.2. The summed E-state index contributed by atoms with van der Waals surface area (Å²) in [5, 5.41) is 0. The quantitative estimate of drug-likeness (QED) is 0.700. The summed E-state index contributed by atoms with van der Waals surface area (Å²) >= 11 is 0. The summed E-state index contributed by atoms with van der Waals surface area (Å²) in [4.78, 5) is 6.59. The molecule has 3 aromatic rings. The van der Waals surface area contributed by atoms with Crippen LogP contribution in [0.25, 0.3) is 22.4 Å². The molecule has 0 aliphatic heterocycles. The van der Waals surface area contributed by atoms with Crippen molar-refractivity contribution in [1.82, 2.24) is 4.98 Å². The standard InChI is InChI=1S/C19H18N2/c1-21(2)18-11-12-20-19(14-18)17-10-6-9-16(13-17)15-7-4-3-5-8-15/h3-14H,1-2H3. The highest BCUT2D eigenvalue weighted by Crippen LogP contribution is 2.26. The van der Waals surface area contributed by atoms with Gasteiger partial charge >= 0.3 is 0 Å². The minimum absolute atomic E-state index is 0.999. The van der Waals surface area contributed by atoms with Gasteiger partial charge in [0.15, 0.2) is 0 Å². The van der Waals surface area contributed by atoms with Crippen molar-refractivity contribution in [3.05, 3.63) is 72.9 Å². The maximum Gasteiger partial charge on any atom is 0.0722 e. The lowest BCUT2D eigenvalue weighted by atomic mass is 10.0. The first-order valence-electron chi connectivity index (χ1n) is 7.03. The highest BCUT2D eigenvalue weighted by Gasteiger charge is 2.04. The van der Waals surface area contributed by atoms with E-state index in [-0.39, 0.29) is 0 Å². The van der Waals surface area contributed by atoms with E-state index in [0.29, 0.717) is 0 Å². The van der Waals surface area contributed by atoms with E-state index in [0.717, 1.165) is 16.9 Å². The molecule has 104 valence electrons. The van der Waals surface area contributed by atoms with Crippen molar-refractivity contribution in [1.29, 1.82) is 0 Å². The van der Waals surface area contributed by atoms with Gasteiger partial charge in [-0.2, -0.15) is 0 Å². The molecule has 0 aliphatic carbocycles. The monoisotopic (exact) mass is 274 g/mol. The van der Waals surface area contributed by atoms with E-state index in [1.807, 2.05) is 32.4 Å². The fourth-order valence-electron chi connectivity index (χ4n) is 2.34. The van der Waals surface area contributed by atoms with Crippen LogP contribution in [0.15, 0.2) is 72.9 Å². The van der Waals surface area contributed by atoms with E-state index in [4.69, 9.17) is 0 Å². The third-order valence-electron chi connectivity index (χ3n) is 3.53. The first kappa shape index (κ1) is 13.4. The Balaban J connectivity index is 2.02. The lowest BCUT2D eigenvalue weighted by Gasteiger charge is -2.13. The van der Waals surface area contributed by atoms with Crippen molar-refractivity contribution in [3.8, 4) is 22.4 Å². The Morgan fingerprint density at radius 1 is 0.714 bits per heavy atom. The summed E-state index contributed by atoms with van der Waals surface area (Å²) in [5.74, 6) is 0. The van der Waals surface area contributed by atoms with Gasteiger partial charge in [-0.25, -0.2) is 0 Å². The predicted octanol–water partition coefficient (Wildman–Crippen LogP) is 4.48. The molecule has 2 nitrogen and oxygen atoms in total. The fourth-order valence-corrected chi connectivity index (χ4v) is 2.34. The lowest BCUT2D eigenvalue weighted by molar-refractivity contribution is 1.12. The topological polar surface area (TPSA) is 16.1 Å². The van der Waals surface area contributed by atoms with Crippen LogP contribution in [0.3, 0.4) is 0 Å². The maximum absolute atomic E-state index is 4.50. The number of benzene rings is 2. The van der Waals surface area contributed by atoms with Crippen LogP contribution in [0.5, 0.6) is 0 Å². The van der Waals surface area contributed by atoms with E-state index in [9.17, 15) is 0 Å². The molecule has 1 heterocycles. The average molecular weight is 274 g/mol. The first-order valence-corrected chi connectivity index (χ1v) is 7.03. The molecule has 2 heteroatoms. The summed E-state index contributed by atoms with van der Waals surface area (Å²) in [5.41, 5.74) is 5.73. The van der Waals surface area contributed by atoms with Crippen LogP contribution in [0.2, 0.25) is 0 Å². The van der Waals surface area contributed by atoms with Gasteiger partial charge < -0.3 is 4.90 Å². The van der Waals surface area contributed by atoms with Gasteiger partial charge in [0.25, 0.3) is 0 Å². The van der Waals surface area contributed by atoms with E-state index >= 15 is 0 Å². The second-order valence-electron chi connectivity index (χ2n) is 5.24. The number of anilines is 1. The molecule has 0 radical (unpaired) electrons. The third kappa shape index (κ3) is 2.95. The number of pyridine rings is 1. The van der Waals surface area contributed by atoms with Crippen LogP contribution in [0.1, 0.15) is 0 Å². The molecule has 0 saturated carbocycles. The van der Waals surface area contributed by atoms with E-state index in [1.54, 1.807) is 0 Å². The molecular formula is C19H18N2. The van der Waals surface area contributed by atoms with Crippen molar-refractivity contribution in [3.63, 3.8) is 0 Å². The summed E-state index contributed by atoms with van der Waals surface area (Å²) < 4.78 is 0. The molecule has 0 unspecified atom stereocenters. The van der Waals surface area contributed by atoms with Gasteiger partial charge in [-0.05, 0) is 29.3 Å². The van der Waals surface area contributed by atoms with Crippen molar-refractivity contribution in [2.24, 2.45) is 0 Å². The average Bonchev–Trinajstić information content (AvgIpc) is 2.56. The zero-order valence-electron chi connectivity index (χ0n) is 12.3. The third-order valence-corrected chi connectivity index (χ3v) is 3.53. The molecule has 0 N–H and O–H groups in total. The van der Waals surface area contributed by atoms with Crippen molar-refractivity contribution in [2.45, 2.75) is 0 Å². The summed E-state index contributed by atoms with van der Waals surface area (Å²) in [6.45, 7) is 0. The van der Waals surface area contributed by atoms with E-state index in [1.165, 1.54) is 11.1 Å². The largest absolute Gasteiger partial charge is 0.378 e. The van der Waals surface area contributed by atoms with Gasteiger partial charge in [-0.3, -0.25) is 4.98 Å². The number of hydrogen-bond donors (Lipinski definition) is 0. The number of rotatable bonds is 3. The molecule has 0 saturated heterocycles. The van der Waals surface area contributed by atoms with Gasteiger partial charge in [0.2, 0.25) is 0 Å². The van der Waals surface area contributed by atoms with Crippen molar-refractivity contribution >= 4 is 5.69 Å². The SMILES string of the molecule is CN(C)c1ccnc(-c2cccc(-c3ccccc3)c2)c1. The molecule has 2 aromatic carbocycles. The molecule has 1 aromatic heterocycles. The van der Waals surface area contributed by atoms with Crippen LogP contribution in [-0.2, 0) is 0 Å². The Kier molecular flexibility index (Phi) is 3.69. The summed E-state index contributed by atoms with van der Waals surface area (Å²) in [6.07, 6.45) is 1.86. The second-order valence-corrected chi connectivity index (χ2v) is 5.24.